The van der Waals surface area contributed by atoms with E-state index in [1.54, 1.807) is 18.2 Å². The van der Waals surface area contributed by atoms with Crippen LogP contribution in [0.15, 0.2) is 41.3 Å². The maximum Gasteiger partial charge on any atom is 0.294 e. The van der Waals surface area contributed by atoms with Crippen molar-refractivity contribution in [3.8, 4) is 0 Å². The van der Waals surface area contributed by atoms with Gasteiger partial charge in [-0.05, 0) is 30.9 Å². The van der Waals surface area contributed by atoms with Gasteiger partial charge in [0.15, 0.2) is 0 Å². The van der Waals surface area contributed by atoms with Gasteiger partial charge in [0, 0.05) is 68.1 Å². The number of nitrogen functional groups attached to an aromatic ring is 1. The van der Waals surface area contributed by atoms with E-state index in [2.05, 4.69) is 20.4 Å². The first-order valence-electron chi connectivity index (χ1n) is 10.7. The highest BCUT2D eigenvalue weighted by atomic mass is 32.2. The fraction of sp³-hybridized carbons (Fsp3) is 0.429. The molecule has 0 bridgehead atoms. The molecular formula is C21H29N7O4S. The molecule has 178 valence electrons. The summed E-state index contributed by atoms with van der Waals surface area (Å²) in [4.78, 5) is 26.6. The van der Waals surface area contributed by atoms with Crippen molar-refractivity contribution in [2.45, 2.75) is 11.3 Å². The number of benzene rings is 2. The minimum Gasteiger partial charge on any atom is -0.393 e. The summed E-state index contributed by atoms with van der Waals surface area (Å²) in [6.07, 6.45) is 2.88. The molecule has 0 saturated carbocycles. The second kappa shape index (κ2) is 11.7. The lowest BCUT2D eigenvalue weighted by molar-refractivity contribution is -0.384. The molecule has 11 nitrogen and oxygen atoms in total. The summed E-state index contributed by atoms with van der Waals surface area (Å²) in [6, 6.07) is 9.60. The predicted octanol–water partition coefficient (Wildman–Crippen LogP) is 3.30. The van der Waals surface area contributed by atoms with Crippen LogP contribution < -0.4 is 16.4 Å². The van der Waals surface area contributed by atoms with Crippen LogP contribution >= 0.6 is 11.8 Å². The molecule has 0 unspecified atom stereocenters. The maximum absolute atomic E-state index is 11.2. The number of thioether (sulfide) groups is 1. The van der Waals surface area contributed by atoms with E-state index in [0.717, 1.165) is 62.1 Å². The number of nitro groups is 2. The smallest absolute Gasteiger partial charge is 0.294 e. The molecule has 0 aromatic heterocycles. The summed E-state index contributed by atoms with van der Waals surface area (Å²) in [5.74, 6) is 0. The van der Waals surface area contributed by atoms with Crippen molar-refractivity contribution in [1.29, 1.82) is 0 Å². The first kappa shape index (κ1) is 24.6. The Morgan fingerprint density at radius 1 is 1.00 bits per heavy atom. The predicted molar refractivity (Wildman–Crippen MR) is 132 cm³/mol. The molecule has 0 amide bonds. The molecule has 0 spiro atoms. The highest BCUT2D eigenvalue weighted by molar-refractivity contribution is 7.98. The Labute approximate surface area is 196 Å². The topological polar surface area (TPSA) is 143 Å². The third-order valence-corrected chi connectivity index (χ3v) is 6.26. The normalized spacial score (nSPS) is 14.3. The zero-order valence-electron chi connectivity index (χ0n) is 18.5. The first-order chi connectivity index (χ1) is 15.9. The lowest BCUT2D eigenvalue weighted by Crippen LogP contribution is -2.30. The minimum atomic E-state index is -0.459. The monoisotopic (exact) mass is 475 g/mol. The average Bonchev–Trinajstić information content (AvgIpc) is 3.25. The Hall–Kier alpha value is -3.09. The van der Waals surface area contributed by atoms with Gasteiger partial charge in [-0.1, -0.05) is 0 Å². The molecule has 2 aromatic carbocycles. The lowest BCUT2D eigenvalue weighted by Gasteiger charge is -2.19. The van der Waals surface area contributed by atoms with E-state index in [1.807, 2.05) is 6.26 Å². The van der Waals surface area contributed by atoms with Crippen molar-refractivity contribution in [2.24, 2.45) is 0 Å². The van der Waals surface area contributed by atoms with Crippen molar-refractivity contribution in [2.75, 3.05) is 68.6 Å². The van der Waals surface area contributed by atoms with Crippen molar-refractivity contribution in [3.63, 3.8) is 0 Å². The molecular weight excluding hydrogens is 446 g/mol. The summed E-state index contributed by atoms with van der Waals surface area (Å²) < 4.78 is 0. The van der Waals surface area contributed by atoms with Crippen LogP contribution in [0.4, 0.5) is 28.4 Å². The average molecular weight is 476 g/mol. The molecule has 1 aliphatic rings. The van der Waals surface area contributed by atoms with Gasteiger partial charge in [-0.15, -0.1) is 11.8 Å². The Morgan fingerprint density at radius 2 is 1.70 bits per heavy atom. The Morgan fingerprint density at radius 3 is 2.33 bits per heavy atom. The number of hydrogen-bond acceptors (Lipinski definition) is 10. The summed E-state index contributed by atoms with van der Waals surface area (Å²) in [5.41, 5.74) is 7.58. The van der Waals surface area contributed by atoms with Crippen LogP contribution in [0.3, 0.4) is 0 Å². The molecule has 1 aliphatic heterocycles. The van der Waals surface area contributed by atoms with Gasteiger partial charge >= 0.3 is 0 Å². The highest BCUT2D eigenvalue weighted by Gasteiger charge is 2.20. The van der Waals surface area contributed by atoms with Gasteiger partial charge in [0.2, 0.25) is 0 Å². The Balaban J connectivity index is 1.36. The zero-order chi connectivity index (χ0) is 23.8. The summed E-state index contributed by atoms with van der Waals surface area (Å²) in [6.45, 7) is 6.15. The highest BCUT2D eigenvalue weighted by Crippen LogP contribution is 2.34. The van der Waals surface area contributed by atoms with Crippen LogP contribution in [0, 0.1) is 20.2 Å². The van der Waals surface area contributed by atoms with Gasteiger partial charge in [-0.25, -0.2) is 0 Å². The van der Waals surface area contributed by atoms with Crippen molar-refractivity contribution in [1.82, 2.24) is 9.80 Å². The number of nitrogens with one attached hydrogen (secondary N) is 2. The number of nitro benzene ring substituents is 2. The Kier molecular flexibility index (Phi) is 8.69. The molecule has 0 atom stereocenters. The Bertz CT molecular complexity index is 974. The van der Waals surface area contributed by atoms with E-state index in [9.17, 15) is 20.2 Å². The molecule has 3 rings (SSSR count). The molecule has 1 saturated heterocycles. The second-order valence-corrected chi connectivity index (χ2v) is 8.61. The second-order valence-electron chi connectivity index (χ2n) is 7.76. The molecule has 2 aromatic rings. The molecule has 0 aliphatic carbocycles. The molecule has 0 radical (unpaired) electrons. The van der Waals surface area contributed by atoms with Gasteiger partial charge in [-0.3, -0.25) is 30.0 Å². The first-order valence-corrected chi connectivity index (χ1v) is 11.9. The van der Waals surface area contributed by atoms with E-state index in [1.165, 1.54) is 30.0 Å². The van der Waals surface area contributed by atoms with Crippen molar-refractivity contribution < 1.29 is 9.85 Å². The summed E-state index contributed by atoms with van der Waals surface area (Å²) in [7, 11) is 0. The summed E-state index contributed by atoms with van der Waals surface area (Å²) >= 11 is 1.50. The number of anilines is 3. The van der Waals surface area contributed by atoms with E-state index in [-0.39, 0.29) is 17.1 Å². The van der Waals surface area contributed by atoms with Crippen molar-refractivity contribution >= 4 is 40.2 Å². The number of nitrogens with two attached hydrogens (primary N) is 1. The third kappa shape index (κ3) is 6.94. The standard InChI is InChI=1S/C21H29N7O4S/c1-33-21-13-18(22)20(28(31)32)14-19(21)24-8-10-26-12-11-25(15-26)9-2-7-23-16-3-5-17(6-4-16)27(29)30/h3-6,13-14,23-24H,2,7-12,15,22H2,1H3. The molecule has 33 heavy (non-hydrogen) atoms. The fourth-order valence-electron chi connectivity index (χ4n) is 3.71. The van der Waals surface area contributed by atoms with Crippen LogP contribution in [-0.4, -0.2) is 71.8 Å². The van der Waals surface area contributed by atoms with E-state index in [0.29, 0.717) is 6.54 Å². The number of non-ortho nitro benzene ring substituents is 1. The number of nitrogens with zero attached hydrogens (tertiary/aromatic N) is 4. The lowest BCUT2D eigenvalue weighted by atomic mass is 10.2. The van der Waals surface area contributed by atoms with E-state index >= 15 is 0 Å². The zero-order valence-corrected chi connectivity index (χ0v) is 19.3. The van der Waals surface area contributed by atoms with Crippen LogP contribution in [0.25, 0.3) is 0 Å². The largest absolute Gasteiger partial charge is 0.393 e. The fourth-order valence-corrected chi connectivity index (χ4v) is 4.30. The minimum absolute atomic E-state index is 0.0787. The van der Waals surface area contributed by atoms with Crippen LogP contribution in [0.5, 0.6) is 0 Å². The van der Waals surface area contributed by atoms with Crippen LogP contribution in [0.2, 0.25) is 0 Å². The maximum atomic E-state index is 11.2. The third-order valence-electron chi connectivity index (χ3n) is 5.48. The SMILES string of the molecule is CSc1cc(N)c([N+](=O)[O-])cc1NCCN1CCN(CCCNc2ccc([N+](=O)[O-])cc2)C1. The quantitative estimate of drug-likeness (QED) is 0.137. The van der Waals surface area contributed by atoms with E-state index in [4.69, 9.17) is 5.73 Å². The van der Waals surface area contributed by atoms with Crippen LogP contribution in [0.1, 0.15) is 6.42 Å². The van der Waals surface area contributed by atoms with Gasteiger partial charge in [-0.2, -0.15) is 0 Å². The summed E-state index contributed by atoms with van der Waals surface area (Å²) in [5, 5.41) is 28.5. The van der Waals surface area contributed by atoms with E-state index < -0.39 is 9.85 Å². The number of hydrogen-bond donors (Lipinski definition) is 3. The van der Waals surface area contributed by atoms with Gasteiger partial charge < -0.3 is 16.4 Å². The number of rotatable bonds is 12. The van der Waals surface area contributed by atoms with Gasteiger partial charge in [0.05, 0.1) is 22.2 Å². The molecule has 12 heteroatoms. The van der Waals surface area contributed by atoms with Gasteiger partial charge in [0.25, 0.3) is 11.4 Å². The molecule has 1 heterocycles. The molecule has 4 N–H and O–H groups in total. The van der Waals surface area contributed by atoms with Gasteiger partial charge in [0.1, 0.15) is 5.69 Å². The van der Waals surface area contributed by atoms with Crippen molar-refractivity contribution in [3.05, 3.63) is 56.6 Å². The molecule has 1 fully saturated rings. The van der Waals surface area contributed by atoms with Crippen LogP contribution in [-0.2, 0) is 0 Å².